The van der Waals surface area contributed by atoms with Crippen LogP contribution < -0.4 is 11.1 Å². The second-order valence-electron chi connectivity index (χ2n) is 4.56. The normalized spacial score (nSPS) is 10.3. The van der Waals surface area contributed by atoms with E-state index in [4.69, 9.17) is 11.0 Å². The van der Waals surface area contributed by atoms with Crippen LogP contribution in [0.4, 0.5) is 21.5 Å². The molecule has 0 saturated carbocycles. The number of hydrogen-bond donors (Lipinski definition) is 2. The zero-order valence-electron chi connectivity index (χ0n) is 11.0. The van der Waals surface area contributed by atoms with E-state index in [1.165, 1.54) is 12.1 Å². The zero-order valence-corrected chi connectivity index (χ0v) is 11.0. The summed E-state index contributed by atoms with van der Waals surface area (Å²) in [5, 5.41) is 13.4. The van der Waals surface area contributed by atoms with Crippen LogP contribution in [-0.2, 0) is 0 Å². The molecule has 0 aliphatic carbocycles. The molecule has 3 aromatic rings. The third-order valence-corrected chi connectivity index (χ3v) is 3.22. The zero-order chi connectivity index (χ0) is 14.8. The highest BCUT2D eigenvalue weighted by molar-refractivity contribution is 6.01. The number of pyridine rings is 1. The maximum atomic E-state index is 14.0. The van der Waals surface area contributed by atoms with E-state index in [9.17, 15) is 4.39 Å². The van der Waals surface area contributed by atoms with E-state index >= 15 is 0 Å². The highest BCUT2D eigenvalue weighted by Gasteiger charge is 2.08. The van der Waals surface area contributed by atoms with Crippen molar-refractivity contribution in [1.29, 1.82) is 5.26 Å². The van der Waals surface area contributed by atoms with Gasteiger partial charge < -0.3 is 11.1 Å². The number of halogens is 1. The number of fused-ring (bicyclic) bond motifs is 1. The van der Waals surface area contributed by atoms with Crippen LogP contribution in [0.25, 0.3) is 10.8 Å². The summed E-state index contributed by atoms with van der Waals surface area (Å²) in [6, 6.07) is 11.5. The van der Waals surface area contributed by atoms with E-state index in [-0.39, 0.29) is 5.56 Å². The summed E-state index contributed by atoms with van der Waals surface area (Å²) < 4.78 is 14.0. The molecule has 0 saturated heterocycles. The standard InChI is InChI=1S/C16H11FN4/c17-13-7-10(8-18)1-3-16(13)21-15-4-2-14(19)12-9-20-6-5-11(12)15/h1-7,9,21H,19H2. The quantitative estimate of drug-likeness (QED) is 0.703. The van der Waals surface area contributed by atoms with Crippen LogP contribution >= 0.6 is 0 Å². The lowest BCUT2D eigenvalue weighted by Gasteiger charge is -2.12. The Labute approximate surface area is 120 Å². The van der Waals surface area contributed by atoms with E-state index < -0.39 is 5.82 Å². The molecular weight excluding hydrogens is 267 g/mol. The first kappa shape index (κ1) is 12.9. The topological polar surface area (TPSA) is 74.7 Å². The number of nitrogens with two attached hydrogens (primary N) is 1. The van der Waals surface area contributed by atoms with Crippen molar-refractivity contribution in [3.8, 4) is 6.07 Å². The van der Waals surface area contributed by atoms with Gasteiger partial charge in [-0.1, -0.05) is 0 Å². The predicted octanol–water partition coefficient (Wildman–Crippen LogP) is 3.57. The fourth-order valence-electron chi connectivity index (χ4n) is 2.15. The van der Waals surface area contributed by atoms with Gasteiger partial charge in [-0.25, -0.2) is 4.39 Å². The van der Waals surface area contributed by atoms with E-state index in [0.29, 0.717) is 11.4 Å². The van der Waals surface area contributed by atoms with Gasteiger partial charge in [0.25, 0.3) is 0 Å². The lowest BCUT2D eigenvalue weighted by molar-refractivity contribution is 0.631. The Morgan fingerprint density at radius 1 is 1.10 bits per heavy atom. The number of nitrogens with one attached hydrogen (secondary N) is 1. The average molecular weight is 278 g/mol. The monoisotopic (exact) mass is 278 g/mol. The Morgan fingerprint density at radius 2 is 1.90 bits per heavy atom. The number of benzene rings is 2. The third-order valence-electron chi connectivity index (χ3n) is 3.22. The van der Waals surface area contributed by atoms with E-state index in [1.807, 2.05) is 12.1 Å². The van der Waals surface area contributed by atoms with Crippen molar-refractivity contribution in [3.05, 3.63) is 60.2 Å². The van der Waals surface area contributed by atoms with Gasteiger partial charge in [-0.15, -0.1) is 0 Å². The van der Waals surface area contributed by atoms with Crippen molar-refractivity contribution in [2.75, 3.05) is 11.1 Å². The minimum atomic E-state index is -0.479. The minimum Gasteiger partial charge on any atom is -0.398 e. The minimum absolute atomic E-state index is 0.282. The van der Waals surface area contributed by atoms with Crippen LogP contribution in [0.5, 0.6) is 0 Å². The molecule has 0 unspecified atom stereocenters. The first-order valence-electron chi connectivity index (χ1n) is 6.28. The van der Waals surface area contributed by atoms with Gasteiger partial charge in [-0.2, -0.15) is 5.26 Å². The summed E-state index contributed by atoms with van der Waals surface area (Å²) in [6.45, 7) is 0. The van der Waals surface area contributed by atoms with Crippen LogP contribution in [0, 0.1) is 17.1 Å². The van der Waals surface area contributed by atoms with Crippen LogP contribution in [0.1, 0.15) is 5.56 Å². The van der Waals surface area contributed by atoms with Crippen molar-refractivity contribution in [2.24, 2.45) is 0 Å². The molecule has 0 spiro atoms. The number of hydrogen-bond acceptors (Lipinski definition) is 4. The van der Waals surface area contributed by atoms with Gasteiger partial charge in [0.05, 0.1) is 17.3 Å². The Balaban J connectivity index is 2.07. The van der Waals surface area contributed by atoms with Crippen LogP contribution in [0.3, 0.4) is 0 Å². The molecule has 102 valence electrons. The van der Waals surface area contributed by atoms with Crippen LogP contribution in [0.15, 0.2) is 48.8 Å². The first-order chi connectivity index (χ1) is 10.2. The van der Waals surface area contributed by atoms with Crippen molar-refractivity contribution < 1.29 is 4.39 Å². The van der Waals surface area contributed by atoms with Crippen molar-refractivity contribution in [1.82, 2.24) is 4.98 Å². The SMILES string of the molecule is N#Cc1ccc(Nc2ccc(N)c3cnccc23)c(F)c1. The molecule has 1 aromatic heterocycles. The van der Waals surface area contributed by atoms with Gasteiger partial charge >= 0.3 is 0 Å². The number of nitrogen functional groups attached to an aromatic ring is 1. The molecule has 1 heterocycles. The highest BCUT2D eigenvalue weighted by Crippen LogP contribution is 2.30. The third kappa shape index (κ3) is 2.35. The number of nitriles is 1. The highest BCUT2D eigenvalue weighted by atomic mass is 19.1. The summed E-state index contributed by atoms with van der Waals surface area (Å²) in [4.78, 5) is 4.04. The molecule has 0 amide bonds. The average Bonchev–Trinajstić information content (AvgIpc) is 2.52. The molecule has 4 nitrogen and oxygen atoms in total. The lowest BCUT2D eigenvalue weighted by Crippen LogP contribution is -1.97. The number of aromatic nitrogens is 1. The second kappa shape index (κ2) is 5.10. The first-order valence-corrected chi connectivity index (χ1v) is 6.28. The fourth-order valence-corrected chi connectivity index (χ4v) is 2.15. The smallest absolute Gasteiger partial charge is 0.147 e. The summed E-state index contributed by atoms with van der Waals surface area (Å²) in [7, 11) is 0. The molecule has 0 atom stereocenters. The van der Waals surface area contributed by atoms with Gasteiger partial charge in [-0.05, 0) is 36.4 Å². The number of nitrogens with zero attached hydrogens (tertiary/aromatic N) is 2. The Hall–Kier alpha value is -3.13. The Morgan fingerprint density at radius 3 is 2.67 bits per heavy atom. The number of rotatable bonds is 2. The molecule has 0 bridgehead atoms. The summed E-state index contributed by atoms with van der Waals surface area (Å²) in [5.74, 6) is -0.479. The predicted molar refractivity (Wildman–Crippen MR) is 80.6 cm³/mol. The maximum absolute atomic E-state index is 14.0. The number of anilines is 3. The van der Waals surface area contributed by atoms with E-state index in [2.05, 4.69) is 10.3 Å². The Kier molecular flexibility index (Phi) is 3.13. The van der Waals surface area contributed by atoms with Gasteiger partial charge in [0.15, 0.2) is 0 Å². The largest absolute Gasteiger partial charge is 0.398 e. The molecule has 5 heteroatoms. The van der Waals surface area contributed by atoms with Gasteiger partial charge in [0, 0.05) is 34.5 Å². The van der Waals surface area contributed by atoms with E-state index in [0.717, 1.165) is 16.5 Å². The molecule has 0 aliphatic heterocycles. The van der Waals surface area contributed by atoms with Gasteiger partial charge in [0.2, 0.25) is 0 Å². The Bertz CT molecular complexity index is 868. The van der Waals surface area contributed by atoms with Gasteiger partial charge in [-0.3, -0.25) is 4.98 Å². The summed E-state index contributed by atoms with van der Waals surface area (Å²) in [6.07, 6.45) is 3.33. The molecule has 21 heavy (non-hydrogen) atoms. The lowest BCUT2D eigenvalue weighted by atomic mass is 10.1. The summed E-state index contributed by atoms with van der Waals surface area (Å²) >= 11 is 0. The second-order valence-corrected chi connectivity index (χ2v) is 4.56. The fraction of sp³-hybridized carbons (Fsp3) is 0. The van der Waals surface area contributed by atoms with Crippen LogP contribution in [-0.4, -0.2) is 4.98 Å². The van der Waals surface area contributed by atoms with Crippen molar-refractivity contribution in [2.45, 2.75) is 0 Å². The molecule has 3 N–H and O–H groups in total. The van der Waals surface area contributed by atoms with Crippen molar-refractivity contribution >= 4 is 27.8 Å². The maximum Gasteiger partial charge on any atom is 0.147 e. The van der Waals surface area contributed by atoms with Crippen molar-refractivity contribution in [3.63, 3.8) is 0 Å². The molecule has 0 fully saturated rings. The molecule has 0 aliphatic rings. The molecule has 0 radical (unpaired) electrons. The van der Waals surface area contributed by atoms with Crippen LogP contribution in [0.2, 0.25) is 0 Å². The summed E-state index contributed by atoms with van der Waals surface area (Å²) in [5.41, 5.74) is 7.83. The molecular formula is C16H11FN4. The van der Waals surface area contributed by atoms with Gasteiger partial charge in [0.1, 0.15) is 5.82 Å². The molecule has 2 aromatic carbocycles. The van der Waals surface area contributed by atoms with E-state index in [1.54, 1.807) is 30.6 Å². The molecule has 3 rings (SSSR count).